The number of nitrogen functional groups attached to an aromatic ring is 1. The molecule has 0 aliphatic carbocycles. The molecule has 3 rings (SSSR count). The molecule has 0 atom stereocenters. The molecular weight excluding hydrogens is 323 g/mol. The van der Waals surface area contributed by atoms with Gasteiger partial charge in [-0.2, -0.15) is 15.0 Å². The molecule has 0 bridgehead atoms. The number of hydrogen-bond donors (Lipinski definition) is 2. The Labute approximate surface area is 143 Å². The van der Waals surface area contributed by atoms with Crippen molar-refractivity contribution in [1.82, 2.24) is 15.0 Å². The van der Waals surface area contributed by atoms with Crippen LogP contribution in [0, 0.1) is 5.82 Å². The van der Waals surface area contributed by atoms with Crippen LogP contribution < -0.4 is 11.1 Å². The number of nitrogens with one attached hydrogen (secondary N) is 1. The van der Waals surface area contributed by atoms with Crippen LogP contribution in [0.3, 0.4) is 0 Å². The average Bonchev–Trinajstić information content (AvgIpc) is 2.59. The number of para-hydroxylation sites is 1. The van der Waals surface area contributed by atoms with Crippen LogP contribution in [0.2, 0.25) is 0 Å². The van der Waals surface area contributed by atoms with E-state index in [9.17, 15) is 4.39 Å². The highest BCUT2D eigenvalue weighted by atomic mass is 19.1. The highest BCUT2D eigenvalue weighted by Crippen LogP contribution is 2.13. The second-order valence-corrected chi connectivity index (χ2v) is 4.99. The van der Waals surface area contributed by atoms with E-state index in [1.165, 1.54) is 18.3 Å². The molecule has 0 amide bonds. The van der Waals surface area contributed by atoms with Crippen molar-refractivity contribution in [3.05, 3.63) is 71.8 Å². The quantitative estimate of drug-likeness (QED) is 0.530. The van der Waals surface area contributed by atoms with Crippen molar-refractivity contribution in [1.29, 1.82) is 0 Å². The molecule has 1 heterocycles. The molecular formula is C17H15FN6O. The molecule has 0 saturated heterocycles. The number of nitrogens with zero attached hydrogens (tertiary/aromatic N) is 4. The van der Waals surface area contributed by atoms with Gasteiger partial charge in [-0.25, -0.2) is 4.39 Å². The maximum Gasteiger partial charge on any atom is 0.232 e. The fraction of sp³-hybridized carbons (Fsp3) is 0.0588. The van der Waals surface area contributed by atoms with Crippen molar-refractivity contribution < 1.29 is 9.23 Å². The summed E-state index contributed by atoms with van der Waals surface area (Å²) in [6.45, 7) is 0.00199. The number of benzene rings is 2. The third kappa shape index (κ3) is 4.96. The Bertz CT molecular complexity index is 872. The van der Waals surface area contributed by atoms with E-state index in [0.29, 0.717) is 17.3 Å². The first kappa shape index (κ1) is 16.3. The maximum absolute atomic E-state index is 13.1. The molecule has 126 valence electrons. The number of anilines is 3. The van der Waals surface area contributed by atoms with E-state index in [0.717, 1.165) is 5.69 Å². The van der Waals surface area contributed by atoms with Gasteiger partial charge in [-0.05, 0) is 29.8 Å². The van der Waals surface area contributed by atoms with E-state index in [-0.39, 0.29) is 18.4 Å². The molecule has 0 aliphatic heterocycles. The van der Waals surface area contributed by atoms with E-state index in [4.69, 9.17) is 10.6 Å². The van der Waals surface area contributed by atoms with Crippen molar-refractivity contribution in [3.63, 3.8) is 0 Å². The summed E-state index contributed by atoms with van der Waals surface area (Å²) in [6.07, 6.45) is 1.40. The van der Waals surface area contributed by atoms with Crippen LogP contribution in [0.4, 0.5) is 22.0 Å². The van der Waals surface area contributed by atoms with Crippen LogP contribution in [0.5, 0.6) is 0 Å². The number of halogens is 1. The molecule has 0 radical (unpaired) electrons. The molecule has 3 aromatic rings. The van der Waals surface area contributed by atoms with E-state index in [2.05, 4.69) is 25.4 Å². The van der Waals surface area contributed by atoms with Crippen molar-refractivity contribution in [2.75, 3.05) is 11.1 Å². The van der Waals surface area contributed by atoms with Crippen LogP contribution in [0.1, 0.15) is 11.4 Å². The first-order valence-corrected chi connectivity index (χ1v) is 7.42. The summed E-state index contributed by atoms with van der Waals surface area (Å²) in [7, 11) is 0. The van der Waals surface area contributed by atoms with E-state index in [1.54, 1.807) is 12.1 Å². The fourth-order valence-corrected chi connectivity index (χ4v) is 1.99. The van der Waals surface area contributed by atoms with Crippen LogP contribution in [-0.2, 0) is 11.4 Å². The summed E-state index contributed by atoms with van der Waals surface area (Å²) in [5, 5.41) is 6.80. The summed E-state index contributed by atoms with van der Waals surface area (Å²) in [5.74, 6) is 0.362. The molecule has 0 unspecified atom stereocenters. The summed E-state index contributed by atoms with van der Waals surface area (Å²) in [5.41, 5.74) is 7.10. The van der Waals surface area contributed by atoms with Crippen LogP contribution in [-0.4, -0.2) is 21.2 Å². The average molecular weight is 338 g/mol. The Morgan fingerprint density at radius 1 is 1.08 bits per heavy atom. The van der Waals surface area contributed by atoms with Gasteiger partial charge in [0.15, 0.2) is 12.4 Å². The standard InChI is InChI=1S/C17H15FN6O/c18-13-6-4-5-12(9-13)10-20-25-11-15-22-16(19)24-17(23-15)21-14-7-2-1-3-8-14/h1-10H,11H2,(H3,19,21,22,23,24)/b20-10-. The Balaban J connectivity index is 1.62. The van der Waals surface area contributed by atoms with E-state index < -0.39 is 0 Å². The van der Waals surface area contributed by atoms with Crippen molar-refractivity contribution >= 4 is 23.8 Å². The third-order valence-corrected chi connectivity index (χ3v) is 3.05. The lowest BCUT2D eigenvalue weighted by molar-refractivity contribution is 0.126. The molecule has 0 saturated carbocycles. The molecule has 1 aromatic heterocycles. The Morgan fingerprint density at radius 3 is 2.72 bits per heavy atom. The summed E-state index contributed by atoms with van der Waals surface area (Å²) in [6, 6.07) is 15.4. The Kier molecular flexibility index (Phi) is 5.10. The lowest BCUT2D eigenvalue weighted by atomic mass is 10.2. The van der Waals surface area contributed by atoms with Gasteiger partial charge in [-0.15, -0.1) is 0 Å². The predicted molar refractivity (Wildman–Crippen MR) is 92.7 cm³/mol. The largest absolute Gasteiger partial charge is 0.388 e. The smallest absolute Gasteiger partial charge is 0.232 e. The minimum atomic E-state index is -0.342. The zero-order chi connectivity index (χ0) is 17.5. The Hall–Kier alpha value is -3.55. The van der Waals surface area contributed by atoms with Crippen LogP contribution >= 0.6 is 0 Å². The first-order valence-electron chi connectivity index (χ1n) is 7.42. The number of aromatic nitrogens is 3. The predicted octanol–water partition coefficient (Wildman–Crippen LogP) is 2.89. The summed E-state index contributed by atoms with van der Waals surface area (Å²) in [4.78, 5) is 17.4. The summed E-state index contributed by atoms with van der Waals surface area (Å²) < 4.78 is 13.1. The van der Waals surface area contributed by atoms with Gasteiger partial charge >= 0.3 is 0 Å². The lowest BCUT2D eigenvalue weighted by Crippen LogP contribution is -2.07. The number of nitrogens with two attached hydrogens (primary N) is 1. The molecule has 0 aliphatic rings. The van der Waals surface area contributed by atoms with Gasteiger partial charge in [-0.1, -0.05) is 35.5 Å². The highest BCUT2D eigenvalue weighted by molar-refractivity contribution is 5.78. The molecule has 0 fully saturated rings. The fourth-order valence-electron chi connectivity index (χ4n) is 1.99. The van der Waals surface area contributed by atoms with Crippen molar-refractivity contribution in [3.8, 4) is 0 Å². The summed E-state index contributed by atoms with van der Waals surface area (Å²) >= 11 is 0. The van der Waals surface area contributed by atoms with Gasteiger partial charge in [0, 0.05) is 5.69 Å². The molecule has 7 nitrogen and oxygen atoms in total. The van der Waals surface area contributed by atoms with Crippen LogP contribution in [0.15, 0.2) is 59.8 Å². The van der Waals surface area contributed by atoms with Gasteiger partial charge in [0.1, 0.15) is 5.82 Å². The lowest BCUT2D eigenvalue weighted by Gasteiger charge is -2.06. The highest BCUT2D eigenvalue weighted by Gasteiger charge is 2.05. The molecule has 2 aromatic carbocycles. The van der Waals surface area contributed by atoms with Gasteiger partial charge in [0.2, 0.25) is 11.9 Å². The van der Waals surface area contributed by atoms with Gasteiger partial charge in [0.05, 0.1) is 6.21 Å². The monoisotopic (exact) mass is 338 g/mol. The minimum Gasteiger partial charge on any atom is -0.388 e. The normalized spacial score (nSPS) is 10.8. The number of hydrogen-bond acceptors (Lipinski definition) is 7. The van der Waals surface area contributed by atoms with Crippen molar-refractivity contribution in [2.45, 2.75) is 6.61 Å². The van der Waals surface area contributed by atoms with Gasteiger partial charge in [0.25, 0.3) is 0 Å². The molecule has 8 heteroatoms. The molecule has 25 heavy (non-hydrogen) atoms. The molecule has 3 N–H and O–H groups in total. The third-order valence-electron chi connectivity index (χ3n) is 3.05. The maximum atomic E-state index is 13.1. The van der Waals surface area contributed by atoms with Crippen molar-refractivity contribution in [2.24, 2.45) is 5.16 Å². The number of rotatable bonds is 6. The van der Waals surface area contributed by atoms with Gasteiger partial charge < -0.3 is 15.9 Å². The van der Waals surface area contributed by atoms with Crippen LogP contribution in [0.25, 0.3) is 0 Å². The minimum absolute atomic E-state index is 0.00199. The van der Waals surface area contributed by atoms with E-state index >= 15 is 0 Å². The van der Waals surface area contributed by atoms with E-state index in [1.807, 2.05) is 30.3 Å². The second-order valence-electron chi connectivity index (χ2n) is 4.99. The topological polar surface area (TPSA) is 98.3 Å². The second kappa shape index (κ2) is 7.82. The first-order chi connectivity index (χ1) is 12.2. The zero-order valence-electron chi connectivity index (χ0n) is 13.1. The Morgan fingerprint density at radius 2 is 1.92 bits per heavy atom. The zero-order valence-corrected chi connectivity index (χ0v) is 13.1. The molecule has 0 spiro atoms. The van der Waals surface area contributed by atoms with Gasteiger partial charge in [-0.3, -0.25) is 0 Å². The SMILES string of the molecule is Nc1nc(CO/N=C\c2cccc(F)c2)nc(Nc2ccccc2)n1. The number of oxime groups is 1.